The molecule has 0 saturated carbocycles. The van der Waals surface area contributed by atoms with Gasteiger partial charge in [0.25, 0.3) is 0 Å². The molecule has 0 heterocycles. The molecular weight excluding hydrogens is 632 g/mol. The zero-order valence-electron chi connectivity index (χ0n) is 28.7. The minimum Gasteiger partial charge on any atom is -0.410 e. The van der Waals surface area contributed by atoms with Crippen molar-refractivity contribution < 1.29 is 40.0 Å². The molecule has 16 heteroatoms. The molecule has 40 heavy (non-hydrogen) atoms. The average molecular weight is 693 g/mol. The van der Waals surface area contributed by atoms with Gasteiger partial charge in [0.05, 0.1) is 12.7 Å². The number of carbonyl (C=O) groups excluding carboxylic acids is 1. The van der Waals surface area contributed by atoms with Gasteiger partial charge in [-0.25, -0.2) is 4.57 Å². The summed E-state index contributed by atoms with van der Waals surface area (Å²) in [6, 6.07) is 0. The summed E-state index contributed by atoms with van der Waals surface area (Å²) < 4.78 is 58.8. The third kappa shape index (κ3) is 20.0. The lowest BCUT2D eigenvalue weighted by atomic mass is 10.0. The van der Waals surface area contributed by atoms with Crippen LogP contribution in [0, 0.1) is 0 Å². The molecular formula is C24H61O9PSi6. The first kappa shape index (κ1) is 40.9. The van der Waals surface area contributed by atoms with E-state index in [-0.39, 0.29) is 6.61 Å². The molecule has 0 amide bonds. The smallest absolute Gasteiger partial charge is 0.410 e. The molecule has 0 aromatic heterocycles. The molecule has 0 aliphatic heterocycles. The topological polar surface area (TPSA) is 98.8 Å². The van der Waals surface area contributed by atoms with Crippen molar-refractivity contribution in [1.82, 2.24) is 0 Å². The van der Waals surface area contributed by atoms with E-state index in [1.54, 1.807) is 0 Å². The van der Waals surface area contributed by atoms with Gasteiger partial charge in [-0.1, -0.05) is 0 Å². The molecule has 0 radical (unpaired) electrons. The summed E-state index contributed by atoms with van der Waals surface area (Å²) in [5.41, 5.74) is 0. The fourth-order valence-electron chi connectivity index (χ4n) is 3.63. The van der Waals surface area contributed by atoms with E-state index in [4.69, 9.17) is 30.7 Å². The molecule has 0 aromatic carbocycles. The lowest BCUT2D eigenvalue weighted by molar-refractivity contribution is -0.127. The van der Waals surface area contributed by atoms with E-state index in [1.807, 2.05) is 58.9 Å². The monoisotopic (exact) mass is 692 g/mol. The Balaban J connectivity index is 6.93. The first-order valence-electron chi connectivity index (χ1n) is 14.2. The normalized spacial score (nSPS) is 17.9. The molecule has 0 bridgehead atoms. The Bertz CT molecular complexity index is 817. The molecule has 0 spiro atoms. The van der Waals surface area contributed by atoms with Gasteiger partial charge in [0, 0.05) is 0 Å². The van der Waals surface area contributed by atoms with Gasteiger partial charge >= 0.3 is 7.82 Å². The van der Waals surface area contributed by atoms with Gasteiger partial charge in [0.1, 0.15) is 24.6 Å². The SMILES string of the molecule is C[Si](C)(C)O[C@@H]([C@H](O[Si](C)(C)C)[C@@H](COP(=O)(O[Si](C)(C)C)O[Si](C)(C)C)O[Si](C)(C)C)[C@@H](C=O)O[Si](C)(C)C. The number of hydrogen-bond acceptors (Lipinski definition) is 9. The second-order valence-electron chi connectivity index (χ2n) is 16.1. The summed E-state index contributed by atoms with van der Waals surface area (Å²) in [7, 11) is -17.3. The van der Waals surface area contributed by atoms with Crippen LogP contribution in [0.3, 0.4) is 0 Å². The summed E-state index contributed by atoms with van der Waals surface area (Å²) in [6.07, 6.45) is -2.16. The number of rotatable bonds is 19. The second kappa shape index (κ2) is 14.8. The number of aldehydes is 1. The van der Waals surface area contributed by atoms with Crippen LogP contribution in [0.4, 0.5) is 0 Å². The van der Waals surface area contributed by atoms with Crippen LogP contribution in [-0.4, -0.2) is 87.2 Å². The average Bonchev–Trinajstić information content (AvgIpc) is 2.59. The maximum Gasteiger partial charge on any atom is 0.455 e. The van der Waals surface area contributed by atoms with Crippen LogP contribution in [-0.2, 0) is 40.0 Å². The van der Waals surface area contributed by atoms with E-state index in [2.05, 4.69) is 58.9 Å². The van der Waals surface area contributed by atoms with E-state index in [9.17, 15) is 9.36 Å². The molecule has 0 N–H and O–H groups in total. The van der Waals surface area contributed by atoms with E-state index >= 15 is 0 Å². The first-order valence-corrected chi connectivity index (χ1v) is 36.1. The molecule has 0 aromatic rings. The second-order valence-corrected chi connectivity index (χ2v) is 45.0. The third-order valence-electron chi connectivity index (χ3n) is 4.29. The van der Waals surface area contributed by atoms with Crippen LogP contribution in [0.25, 0.3) is 0 Å². The number of carbonyl (C=O) groups is 1. The standard InChI is InChI=1S/C24H61O9PSi6/c1-35(2,3)28-21(19-25)23(30-37(7,8)9)24(31-38(10,11)12)22(29-36(4,5)6)20-27-34(26,32-39(13,14)15)33-40(16,17)18/h19,21-24H,20H2,1-18H3/t21-,22-,23-,24-/m1/s1. The van der Waals surface area contributed by atoms with Gasteiger partial charge < -0.3 is 30.9 Å². The highest BCUT2D eigenvalue weighted by atomic mass is 31.2. The quantitative estimate of drug-likeness (QED) is 0.0760. The summed E-state index contributed by atoms with van der Waals surface area (Å²) in [5, 5.41) is 0. The number of phosphoric acid groups is 1. The van der Waals surface area contributed by atoms with E-state index in [0.717, 1.165) is 6.29 Å². The van der Waals surface area contributed by atoms with Gasteiger partial charge in [-0.15, -0.1) is 0 Å². The van der Waals surface area contributed by atoms with Crippen molar-refractivity contribution in [2.45, 2.75) is 142 Å². The Hall–Kier alpha value is 0.921. The highest BCUT2D eigenvalue weighted by Crippen LogP contribution is 2.54. The maximum absolute atomic E-state index is 14.0. The molecule has 4 atom stereocenters. The lowest BCUT2D eigenvalue weighted by Gasteiger charge is -2.44. The van der Waals surface area contributed by atoms with Crippen molar-refractivity contribution in [3.05, 3.63) is 0 Å². The van der Waals surface area contributed by atoms with E-state index in [0.29, 0.717) is 0 Å². The fourth-order valence-corrected chi connectivity index (χ4v) is 14.5. The van der Waals surface area contributed by atoms with Crippen LogP contribution in [0.15, 0.2) is 0 Å². The Labute approximate surface area is 252 Å². The predicted molar refractivity (Wildman–Crippen MR) is 181 cm³/mol. The predicted octanol–water partition coefficient (Wildman–Crippen LogP) is 7.89. The Morgan fingerprint density at radius 1 is 0.525 bits per heavy atom. The van der Waals surface area contributed by atoms with E-state index < -0.39 is 82.1 Å². The number of hydrogen-bond donors (Lipinski definition) is 0. The molecule has 9 nitrogen and oxygen atoms in total. The molecule has 0 aliphatic rings. The minimum absolute atomic E-state index is 0.101. The Morgan fingerprint density at radius 3 is 1.18 bits per heavy atom. The Kier molecular flexibility index (Phi) is 15.1. The van der Waals surface area contributed by atoms with Crippen molar-refractivity contribution in [2.75, 3.05) is 6.61 Å². The van der Waals surface area contributed by atoms with Crippen LogP contribution in [0.2, 0.25) is 118 Å². The van der Waals surface area contributed by atoms with Crippen molar-refractivity contribution >= 4 is 64.0 Å². The summed E-state index contributed by atoms with van der Waals surface area (Å²) in [4.78, 5) is 12.6. The zero-order chi connectivity index (χ0) is 32.2. The lowest BCUT2D eigenvalue weighted by Crippen LogP contribution is -2.59. The summed E-state index contributed by atoms with van der Waals surface area (Å²) in [5.74, 6) is 0. The molecule has 0 aliphatic carbocycles. The van der Waals surface area contributed by atoms with Gasteiger partial charge in [-0.2, -0.15) is 0 Å². The van der Waals surface area contributed by atoms with Crippen molar-refractivity contribution in [2.24, 2.45) is 0 Å². The van der Waals surface area contributed by atoms with Crippen LogP contribution >= 0.6 is 7.82 Å². The minimum atomic E-state index is -3.92. The highest BCUT2D eigenvalue weighted by Gasteiger charge is 2.46. The van der Waals surface area contributed by atoms with Crippen LogP contribution in [0.1, 0.15) is 0 Å². The van der Waals surface area contributed by atoms with Gasteiger partial charge in [-0.3, -0.25) is 4.52 Å². The van der Waals surface area contributed by atoms with Crippen LogP contribution in [0.5, 0.6) is 0 Å². The van der Waals surface area contributed by atoms with E-state index in [1.165, 1.54) is 0 Å². The highest BCUT2D eigenvalue weighted by molar-refractivity contribution is 7.52. The molecule has 0 rings (SSSR count). The summed E-state index contributed by atoms with van der Waals surface area (Å²) >= 11 is 0. The van der Waals surface area contributed by atoms with Gasteiger partial charge in [-0.05, 0) is 118 Å². The van der Waals surface area contributed by atoms with Gasteiger partial charge in [0.2, 0.25) is 0 Å². The van der Waals surface area contributed by atoms with Crippen molar-refractivity contribution in [3.63, 3.8) is 0 Å². The zero-order valence-corrected chi connectivity index (χ0v) is 35.6. The Morgan fingerprint density at radius 2 is 0.875 bits per heavy atom. The third-order valence-corrected chi connectivity index (χ3v) is 14.9. The molecule has 0 fully saturated rings. The largest absolute Gasteiger partial charge is 0.455 e. The molecule has 0 unspecified atom stereocenters. The van der Waals surface area contributed by atoms with Crippen molar-refractivity contribution in [1.29, 1.82) is 0 Å². The van der Waals surface area contributed by atoms with Gasteiger partial charge in [0.15, 0.2) is 49.9 Å². The molecule has 0 saturated heterocycles. The maximum atomic E-state index is 14.0. The fraction of sp³-hybridized carbons (Fsp3) is 0.958. The summed E-state index contributed by atoms with van der Waals surface area (Å²) in [6.45, 7) is 36.4. The van der Waals surface area contributed by atoms with Crippen LogP contribution < -0.4 is 0 Å². The van der Waals surface area contributed by atoms with Crippen molar-refractivity contribution in [3.8, 4) is 0 Å². The molecule has 240 valence electrons. The first-order chi connectivity index (χ1) is 17.3.